The first kappa shape index (κ1) is 15.2. The minimum Gasteiger partial charge on any atom is -0.341 e. The second-order valence-electron chi connectivity index (χ2n) is 5.49. The minimum atomic E-state index is 0.187. The summed E-state index contributed by atoms with van der Waals surface area (Å²) in [5.74, 6) is 1.42. The first-order chi connectivity index (χ1) is 10.7. The summed E-state index contributed by atoms with van der Waals surface area (Å²) in [6, 6.07) is 4.26. The fourth-order valence-corrected chi connectivity index (χ4v) is 3.25. The summed E-state index contributed by atoms with van der Waals surface area (Å²) in [7, 11) is 1.89. The summed E-state index contributed by atoms with van der Waals surface area (Å²) >= 11 is 1.58. The monoisotopic (exact) mass is 320 g/mol. The Morgan fingerprint density at radius 3 is 3.23 bits per heavy atom. The van der Waals surface area contributed by atoms with Crippen molar-refractivity contribution in [2.75, 3.05) is 20.1 Å². The van der Waals surface area contributed by atoms with Gasteiger partial charge in [-0.15, -0.1) is 11.3 Å². The van der Waals surface area contributed by atoms with Crippen LogP contribution in [0, 0.1) is 0 Å². The van der Waals surface area contributed by atoms with E-state index >= 15 is 0 Å². The van der Waals surface area contributed by atoms with Crippen molar-refractivity contribution >= 4 is 17.2 Å². The predicted octanol–water partition coefficient (Wildman–Crippen LogP) is 1.94. The molecule has 6 nitrogen and oxygen atoms in total. The summed E-state index contributed by atoms with van der Waals surface area (Å²) in [5, 5.41) is 9.24. The van der Waals surface area contributed by atoms with Gasteiger partial charge in [0.2, 0.25) is 17.6 Å². The smallest absolute Gasteiger partial charge is 0.226 e. The molecule has 1 aliphatic rings. The molecule has 1 atom stereocenters. The molecule has 2 aromatic heterocycles. The van der Waals surface area contributed by atoms with Crippen molar-refractivity contribution in [3.63, 3.8) is 0 Å². The van der Waals surface area contributed by atoms with Crippen molar-refractivity contribution in [2.24, 2.45) is 0 Å². The third-order valence-corrected chi connectivity index (χ3v) is 4.83. The van der Waals surface area contributed by atoms with Crippen LogP contribution in [0.25, 0.3) is 10.7 Å². The van der Waals surface area contributed by atoms with Gasteiger partial charge in [-0.1, -0.05) is 11.2 Å². The van der Waals surface area contributed by atoms with Crippen LogP contribution in [0.4, 0.5) is 0 Å². The first-order valence-corrected chi connectivity index (χ1v) is 8.45. The van der Waals surface area contributed by atoms with Gasteiger partial charge in [-0.25, -0.2) is 0 Å². The number of amides is 1. The zero-order chi connectivity index (χ0) is 15.4. The Bertz CT molecular complexity index is 605. The van der Waals surface area contributed by atoms with Crippen LogP contribution in [0.15, 0.2) is 22.0 Å². The van der Waals surface area contributed by atoms with Crippen molar-refractivity contribution in [3.05, 3.63) is 23.4 Å². The lowest BCUT2D eigenvalue weighted by molar-refractivity contribution is -0.131. The first-order valence-electron chi connectivity index (χ1n) is 7.57. The highest BCUT2D eigenvalue weighted by atomic mass is 32.1. The SMILES string of the molecule is CN(C(=O)CCCc1nc(-c2cccs2)no1)C1CCNC1. The Labute approximate surface area is 133 Å². The van der Waals surface area contributed by atoms with Crippen LogP contribution in [0.1, 0.15) is 25.2 Å². The molecule has 2 aromatic rings. The van der Waals surface area contributed by atoms with Crippen LogP contribution in [0.3, 0.4) is 0 Å². The Kier molecular flexibility index (Phi) is 4.84. The maximum absolute atomic E-state index is 12.1. The summed E-state index contributed by atoms with van der Waals surface area (Å²) in [4.78, 5) is 19.4. The molecule has 1 unspecified atom stereocenters. The van der Waals surface area contributed by atoms with E-state index in [-0.39, 0.29) is 5.91 Å². The van der Waals surface area contributed by atoms with Crippen molar-refractivity contribution in [1.82, 2.24) is 20.4 Å². The van der Waals surface area contributed by atoms with E-state index in [1.165, 1.54) is 0 Å². The Hall–Kier alpha value is -1.73. The van der Waals surface area contributed by atoms with Crippen LogP contribution in [0.5, 0.6) is 0 Å². The highest BCUT2D eigenvalue weighted by molar-refractivity contribution is 7.13. The lowest BCUT2D eigenvalue weighted by Gasteiger charge is -2.23. The molecular formula is C15H20N4O2S. The van der Waals surface area contributed by atoms with Crippen LogP contribution in [0.2, 0.25) is 0 Å². The largest absolute Gasteiger partial charge is 0.341 e. The molecule has 3 heterocycles. The van der Waals surface area contributed by atoms with E-state index in [9.17, 15) is 4.79 Å². The minimum absolute atomic E-state index is 0.187. The summed E-state index contributed by atoms with van der Waals surface area (Å²) in [6.07, 6.45) is 2.93. The Morgan fingerprint density at radius 1 is 1.59 bits per heavy atom. The van der Waals surface area contributed by atoms with E-state index in [1.54, 1.807) is 11.3 Å². The number of rotatable bonds is 6. The Balaban J connectivity index is 1.45. The zero-order valence-electron chi connectivity index (χ0n) is 12.6. The van der Waals surface area contributed by atoms with Gasteiger partial charge in [-0.2, -0.15) is 4.98 Å². The van der Waals surface area contributed by atoms with E-state index < -0.39 is 0 Å². The number of aromatic nitrogens is 2. The molecule has 118 valence electrons. The molecule has 1 saturated heterocycles. The molecule has 7 heteroatoms. The van der Waals surface area contributed by atoms with E-state index in [1.807, 2.05) is 29.5 Å². The third-order valence-electron chi connectivity index (χ3n) is 3.97. The molecule has 0 radical (unpaired) electrons. The van der Waals surface area contributed by atoms with Crippen molar-refractivity contribution < 1.29 is 9.32 Å². The average Bonchev–Trinajstić information content (AvgIpc) is 3.26. The molecule has 1 aliphatic heterocycles. The molecule has 0 aromatic carbocycles. The van der Waals surface area contributed by atoms with E-state index in [0.717, 1.165) is 30.8 Å². The van der Waals surface area contributed by atoms with Crippen LogP contribution in [-0.4, -0.2) is 47.1 Å². The third kappa shape index (κ3) is 3.53. The number of carbonyl (C=O) groups excluding carboxylic acids is 1. The predicted molar refractivity (Wildman–Crippen MR) is 84.6 cm³/mol. The number of nitrogens with one attached hydrogen (secondary N) is 1. The summed E-state index contributed by atoms with van der Waals surface area (Å²) < 4.78 is 5.24. The number of likely N-dealkylation sites (N-methyl/N-ethyl adjacent to an activating group) is 1. The molecule has 0 saturated carbocycles. The quantitative estimate of drug-likeness (QED) is 0.881. The van der Waals surface area contributed by atoms with Crippen molar-refractivity contribution in [1.29, 1.82) is 0 Å². The molecule has 0 spiro atoms. The maximum atomic E-state index is 12.1. The number of hydrogen-bond acceptors (Lipinski definition) is 6. The van der Waals surface area contributed by atoms with E-state index in [0.29, 0.717) is 30.6 Å². The normalized spacial score (nSPS) is 17.8. The maximum Gasteiger partial charge on any atom is 0.226 e. The topological polar surface area (TPSA) is 71.3 Å². The molecule has 22 heavy (non-hydrogen) atoms. The van der Waals surface area contributed by atoms with Gasteiger partial charge in [0.05, 0.1) is 4.88 Å². The molecular weight excluding hydrogens is 300 g/mol. The van der Waals surface area contributed by atoms with Gasteiger partial charge in [0, 0.05) is 32.5 Å². The number of thiophene rings is 1. The van der Waals surface area contributed by atoms with Gasteiger partial charge in [0.25, 0.3) is 0 Å². The second kappa shape index (κ2) is 7.02. The number of aryl methyl sites for hydroxylation is 1. The van der Waals surface area contributed by atoms with Gasteiger partial charge >= 0.3 is 0 Å². The van der Waals surface area contributed by atoms with Gasteiger partial charge in [-0.05, 0) is 30.8 Å². The molecule has 1 N–H and O–H groups in total. The van der Waals surface area contributed by atoms with E-state index in [2.05, 4.69) is 15.5 Å². The average molecular weight is 320 g/mol. The Morgan fingerprint density at radius 2 is 2.50 bits per heavy atom. The number of hydrogen-bond donors (Lipinski definition) is 1. The highest BCUT2D eigenvalue weighted by Gasteiger charge is 2.22. The van der Waals surface area contributed by atoms with Gasteiger partial charge in [-0.3, -0.25) is 4.79 Å². The molecule has 3 rings (SSSR count). The summed E-state index contributed by atoms with van der Waals surface area (Å²) in [6.45, 7) is 1.89. The number of carbonyl (C=O) groups is 1. The van der Waals surface area contributed by atoms with Gasteiger partial charge in [0.15, 0.2) is 0 Å². The molecule has 1 fully saturated rings. The molecule has 0 bridgehead atoms. The van der Waals surface area contributed by atoms with Crippen LogP contribution < -0.4 is 5.32 Å². The van der Waals surface area contributed by atoms with Crippen molar-refractivity contribution in [3.8, 4) is 10.7 Å². The van der Waals surface area contributed by atoms with Crippen LogP contribution in [-0.2, 0) is 11.2 Å². The fourth-order valence-electron chi connectivity index (χ4n) is 2.60. The fraction of sp³-hybridized carbons (Fsp3) is 0.533. The lowest BCUT2D eigenvalue weighted by Crippen LogP contribution is -2.38. The van der Waals surface area contributed by atoms with E-state index in [4.69, 9.17) is 4.52 Å². The number of nitrogens with zero attached hydrogens (tertiary/aromatic N) is 3. The molecule has 1 amide bonds. The van der Waals surface area contributed by atoms with Gasteiger partial charge < -0.3 is 14.7 Å². The lowest BCUT2D eigenvalue weighted by atomic mass is 10.2. The van der Waals surface area contributed by atoms with Gasteiger partial charge in [0.1, 0.15) is 0 Å². The second-order valence-corrected chi connectivity index (χ2v) is 6.44. The summed E-state index contributed by atoms with van der Waals surface area (Å²) in [5.41, 5.74) is 0. The zero-order valence-corrected chi connectivity index (χ0v) is 13.4. The standard InChI is InChI=1S/C15H20N4O2S/c1-19(11-7-8-16-10-11)14(20)6-2-5-13-17-15(18-21-13)12-4-3-9-22-12/h3-4,9,11,16H,2,5-8,10H2,1H3. The highest BCUT2D eigenvalue weighted by Crippen LogP contribution is 2.21. The molecule has 0 aliphatic carbocycles. The van der Waals surface area contributed by atoms with Crippen LogP contribution >= 0.6 is 11.3 Å². The van der Waals surface area contributed by atoms with Crippen molar-refractivity contribution in [2.45, 2.75) is 31.7 Å².